The van der Waals surface area contributed by atoms with Crippen molar-refractivity contribution in [1.82, 2.24) is 5.32 Å². The van der Waals surface area contributed by atoms with Crippen molar-refractivity contribution >= 4 is 0 Å². The number of rotatable bonds is 6. The topological polar surface area (TPSA) is 30.5 Å². The molecule has 18 heavy (non-hydrogen) atoms. The standard InChI is InChI=1S/C11H13F4NO2/c1-16-6(4-17-2)5-18-11-9(14)7(12)3-8(13)10(11)15/h3,6,16H,4-5H2,1-2H3. The fraction of sp³-hybridized carbons (Fsp3) is 0.455. The van der Waals surface area contributed by atoms with E-state index in [-0.39, 0.29) is 25.3 Å². The Hall–Kier alpha value is -1.34. The van der Waals surface area contributed by atoms with Crippen LogP contribution < -0.4 is 10.1 Å². The van der Waals surface area contributed by atoms with Crippen molar-refractivity contribution in [1.29, 1.82) is 0 Å². The summed E-state index contributed by atoms with van der Waals surface area (Å²) >= 11 is 0. The van der Waals surface area contributed by atoms with E-state index in [1.54, 1.807) is 7.05 Å². The van der Waals surface area contributed by atoms with Crippen molar-refractivity contribution in [2.75, 3.05) is 27.4 Å². The molecule has 1 unspecified atom stereocenters. The van der Waals surface area contributed by atoms with Crippen LogP contribution in [-0.2, 0) is 4.74 Å². The Balaban J connectivity index is 2.84. The molecule has 1 atom stereocenters. The van der Waals surface area contributed by atoms with Gasteiger partial charge in [0.25, 0.3) is 0 Å². The number of ether oxygens (including phenoxy) is 2. The maximum absolute atomic E-state index is 13.2. The van der Waals surface area contributed by atoms with Gasteiger partial charge in [0.15, 0.2) is 17.4 Å². The fourth-order valence-corrected chi connectivity index (χ4v) is 1.28. The molecule has 0 aliphatic rings. The molecule has 0 radical (unpaired) electrons. The third-order valence-corrected chi connectivity index (χ3v) is 2.28. The lowest BCUT2D eigenvalue weighted by atomic mass is 10.3. The number of benzene rings is 1. The molecule has 0 fully saturated rings. The average Bonchev–Trinajstić information content (AvgIpc) is 2.35. The minimum atomic E-state index is -1.55. The van der Waals surface area contributed by atoms with Crippen LogP contribution in [0.1, 0.15) is 0 Å². The zero-order valence-electron chi connectivity index (χ0n) is 9.90. The predicted octanol–water partition coefficient (Wildman–Crippen LogP) is 1.86. The predicted molar refractivity (Wildman–Crippen MR) is 56.5 cm³/mol. The first-order valence-electron chi connectivity index (χ1n) is 5.13. The maximum Gasteiger partial charge on any atom is 0.203 e. The number of methoxy groups -OCH3 is 1. The molecule has 0 saturated heterocycles. The van der Waals surface area contributed by atoms with Gasteiger partial charge in [-0.25, -0.2) is 8.78 Å². The summed E-state index contributed by atoms with van der Waals surface area (Å²) in [7, 11) is 3.03. The zero-order chi connectivity index (χ0) is 13.7. The van der Waals surface area contributed by atoms with Crippen LogP contribution in [0, 0.1) is 23.3 Å². The lowest BCUT2D eigenvalue weighted by Gasteiger charge is -2.16. The van der Waals surface area contributed by atoms with Gasteiger partial charge >= 0.3 is 0 Å². The third kappa shape index (κ3) is 3.33. The Morgan fingerprint density at radius 3 is 2.11 bits per heavy atom. The summed E-state index contributed by atoms with van der Waals surface area (Å²) in [5, 5.41) is 2.76. The highest BCUT2D eigenvalue weighted by Gasteiger charge is 2.21. The van der Waals surface area contributed by atoms with E-state index in [1.807, 2.05) is 0 Å². The Kier molecular flexibility index (Phi) is 5.36. The molecular formula is C11H13F4NO2. The molecule has 0 aromatic heterocycles. The van der Waals surface area contributed by atoms with Crippen LogP contribution in [0.2, 0.25) is 0 Å². The number of hydrogen-bond acceptors (Lipinski definition) is 3. The van der Waals surface area contributed by atoms with Gasteiger partial charge in [-0.3, -0.25) is 0 Å². The molecule has 102 valence electrons. The van der Waals surface area contributed by atoms with Gasteiger partial charge in [-0.15, -0.1) is 0 Å². The fourth-order valence-electron chi connectivity index (χ4n) is 1.28. The van der Waals surface area contributed by atoms with Crippen LogP contribution in [0.5, 0.6) is 5.75 Å². The number of halogens is 4. The molecule has 1 N–H and O–H groups in total. The van der Waals surface area contributed by atoms with Crippen LogP contribution in [-0.4, -0.2) is 33.4 Å². The number of hydrogen-bond donors (Lipinski definition) is 1. The largest absolute Gasteiger partial charge is 0.486 e. The monoisotopic (exact) mass is 267 g/mol. The quantitative estimate of drug-likeness (QED) is 0.630. The SMILES string of the molecule is CNC(COC)COc1c(F)c(F)cc(F)c1F. The first-order chi connectivity index (χ1) is 8.51. The Morgan fingerprint density at radius 1 is 1.11 bits per heavy atom. The summed E-state index contributed by atoms with van der Waals surface area (Å²) < 4.78 is 61.8. The summed E-state index contributed by atoms with van der Waals surface area (Å²) in [6.07, 6.45) is 0. The summed E-state index contributed by atoms with van der Waals surface area (Å²) in [4.78, 5) is 0. The van der Waals surface area contributed by atoms with Crippen molar-refractivity contribution < 1.29 is 27.0 Å². The van der Waals surface area contributed by atoms with Gasteiger partial charge in [0.1, 0.15) is 6.61 Å². The number of likely N-dealkylation sites (N-methyl/N-ethyl adjacent to an activating group) is 1. The van der Waals surface area contributed by atoms with Crippen LogP contribution in [0.4, 0.5) is 17.6 Å². The van der Waals surface area contributed by atoms with Gasteiger partial charge in [0, 0.05) is 13.2 Å². The van der Waals surface area contributed by atoms with Crippen molar-refractivity contribution in [3.05, 3.63) is 29.3 Å². The molecule has 0 spiro atoms. The lowest BCUT2D eigenvalue weighted by molar-refractivity contribution is 0.135. The normalized spacial score (nSPS) is 12.6. The van der Waals surface area contributed by atoms with Gasteiger partial charge < -0.3 is 14.8 Å². The van der Waals surface area contributed by atoms with Gasteiger partial charge in [-0.1, -0.05) is 0 Å². The molecular weight excluding hydrogens is 254 g/mol. The highest BCUT2D eigenvalue weighted by molar-refractivity contribution is 5.28. The first-order valence-corrected chi connectivity index (χ1v) is 5.13. The van der Waals surface area contributed by atoms with Gasteiger partial charge in [-0.05, 0) is 7.05 Å². The van der Waals surface area contributed by atoms with Crippen LogP contribution in [0.25, 0.3) is 0 Å². The molecule has 0 aliphatic heterocycles. The Bertz CT molecular complexity index is 388. The first kappa shape index (κ1) is 14.7. The highest BCUT2D eigenvalue weighted by atomic mass is 19.2. The molecule has 3 nitrogen and oxygen atoms in total. The second-order valence-electron chi connectivity index (χ2n) is 3.55. The molecule has 0 heterocycles. The van der Waals surface area contributed by atoms with E-state index in [1.165, 1.54) is 7.11 Å². The molecule has 0 bridgehead atoms. The molecule has 1 rings (SSSR count). The van der Waals surface area contributed by atoms with Crippen molar-refractivity contribution in [3.63, 3.8) is 0 Å². The smallest absolute Gasteiger partial charge is 0.203 e. The van der Waals surface area contributed by atoms with E-state index in [0.717, 1.165) is 0 Å². The summed E-state index contributed by atoms with van der Waals surface area (Å²) in [6, 6.07) is -0.234. The van der Waals surface area contributed by atoms with Crippen molar-refractivity contribution in [3.8, 4) is 5.75 Å². The molecule has 7 heteroatoms. The van der Waals surface area contributed by atoms with Gasteiger partial charge in [0.05, 0.1) is 12.6 Å². The minimum Gasteiger partial charge on any atom is -0.486 e. The number of nitrogens with one attached hydrogen (secondary N) is 1. The van der Waals surface area contributed by atoms with Gasteiger partial charge in [-0.2, -0.15) is 8.78 Å². The zero-order valence-corrected chi connectivity index (χ0v) is 9.90. The molecule has 1 aromatic rings. The molecule has 0 aliphatic carbocycles. The maximum atomic E-state index is 13.2. The van der Waals surface area contributed by atoms with Gasteiger partial charge in [0.2, 0.25) is 11.6 Å². The highest BCUT2D eigenvalue weighted by Crippen LogP contribution is 2.26. The summed E-state index contributed by atoms with van der Waals surface area (Å²) in [6.45, 7) is 0.0264. The van der Waals surface area contributed by atoms with E-state index in [9.17, 15) is 17.6 Å². The van der Waals surface area contributed by atoms with E-state index in [4.69, 9.17) is 9.47 Å². The minimum absolute atomic E-state index is 0.127. The van der Waals surface area contributed by atoms with E-state index in [2.05, 4.69) is 5.32 Å². The second-order valence-corrected chi connectivity index (χ2v) is 3.55. The average molecular weight is 267 g/mol. The molecule has 0 amide bonds. The van der Waals surface area contributed by atoms with Crippen molar-refractivity contribution in [2.24, 2.45) is 0 Å². The summed E-state index contributed by atoms with van der Waals surface area (Å²) in [5.74, 6) is -7.18. The Labute approximate surface area is 102 Å². The van der Waals surface area contributed by atoms with Crippen LogP contribution in [0.3, 0.4) is 0 Å². The second kappa shape index (κ2) is 6.55. The summed E-state index contributed by atoms with van der Waals surface area (Å²) in [5.41, 5.74) is 0. The van der Waals surface area contributed by atoms with E-state index < -0.39 is 29.0 Å². The van der Waals surface area contributed by atoms with Crippen LogP contribution >= 0.6 is 0 Å². The lowest BCUT2D eigenvalue weighted by Crippen LogP contribution is -2.36. The van der Waals surface area contributed by atoms with E-state index >= 15 is 0 Å². The molecule has 0 saturated carbocycles. The van der Waals surface area contributed by atoms with Crippen LogP contribution in [0.15, 0.2) is 6.07 Å². The van der Waals surface area contributed by atoms with Crippen molar-refractivity contribution in [2.45, 2.75) is 6.04 Å². The molecule has 1 aromatic carbocycles. The Morgan fingerprint density at radius 2 is 1.67 bits per heavy atom. The van der Waals surface area contributed by atoms with E-state index in [0.29, 0.717) is 0 Å². The third-order valence-electron chi connectivity index (χ3n) is 2.28.